The van der Waals surface area contributed by atoms with Gasteiger partial charge in [-0.25, -0.2) is 9.18 Å². The number of piperidine rings is 1. The van der Waals surface area contributed by atoms with Crippen molar-refractivity contribution in [3.63, 3.8) is 0 Å². The van der Waals surface area contributed by atoms with Gasteiger partial charge < -0.3 is 9.64 Å². The van der Waals surface area contributed by atoms with Gasteiger partial charge in [0.2, 0.25) is 0 Å². The summed E-state index contributed by atoms with van der Waals surface area (Å²) in [4.78, 5) is 14.8. The third kappa shape index (κ3) is 5.77. The molecule has 3 rings (SSSR count). The van der Waals surface area contributed by atoms with E-state index in [0.29, 0.717) is 18.9 Å². The Balaban J connectivity index is 1.58. The molecule has 0 saturated carbocycles. The molecule has 1 fully saturated rings. The molecule has 0 aromatic heterocycles. The topological polar surface area (TPSA) is 41.6 Å². The minimum atomic E-state index is -1.16. The number of nitrogens with zero attached hydrogens (tertiary/aromatic N) is 1. The van der Waals surface area contributed by atoms with E-state index < -0.39 is 11.2 Å². The lowest BCUT2D eigenvalue weighted by atomic mass is 9.85. The van der Waals surface area contributed by atoms with Gasteiger partial charge in [-0.3, -0.25) is 5.32 Å². The number of ether oxygens (including phenoxy) is 1. The van der Waals surface area contributed by atoms with Crippen molar-refractivity contribution >= 4 is 11.5 Å². The zero-order valence-corrected chi connectivity index (χ0v) is 17.8. The van der Waals surface area contributed by atoms with Gasteiger partial charge in [0, 0.05) is 6.54 Å². The van der Waals surface area contributed by atoms with Crippen LogP contribution in [0, 0.1) is 5.92 Å². The van der Waals surface area contributed by atoms with Crippen LogP contribution in [0.4, 0.5) is 4.39 Å². The maximum atomic E-state index is 13.9. The fourth-order valence-corrected chi connectivity index (χ4v) is 4.23. The van der Waals surface area contributed by atoms with Crippen LogP contribution in [0.25, 0.3) is 5.57 Å². The number of rotatable bonds is 7. The molecule has 0 radical (unpaired) electrons. The van der Waals surface area contributed by atoms with Crippen LogP contribution in [-0.2, 0) is 9.53 Å². The van der Waals surface area contributed by atoms with E-state index in [4.69, 9.17) is 4.74 Å². The van der Waals surface area contributed by atoms with Crippen LogP contribution >= 0.6 is 0 Å². The first-order chi connectivity index (χ1) is 13.8. The van der Waals surface area contributed by atoms with Gasteiger partial charge in [0.15, 0.2) is 0 Å². The molecule has 1 saturated heterocycles. The van der Waals surface area contributed by atoms with Gasteiger partial charge in [-0.15, -0.1) is 0 Å². The average molecular weight is 401 g/mol. The SMILES string of the molecule is COC(=O)C1(NCC2CCN(CC(C)(C)F)CC2)C=CC(c2ccccc2)=CC1. The highest BCUT2D eigenvalue weighted by atomic mass is 19.1. The molecule has 1 unspecified atom stereocenters. The zero-order chi connectivity index (χ0) is 20.9. The molecule has 1 aromatic carbocycles. The summed E-state index contributed by atoms with van der Waals surface area (Å²) in [7, 11) is 1.44. The number of esters is 1. The number of methoxy groups -OCH3 is 1. The molecule has 1 aliphatic heterocycles. The summed E-state index contributed by atoms with van der Waals surface area (Å²) < 4.78 is 19.0. The fourth-order valence-electron chi connectivity index (χ4n) is 4.23. The number of carbonyl (C=O) groups is 1. The van der Waals surface area contributed by atoms with Gasteiger partial charge in [0.1, 0.15) is 11.2 Å². The van der Waals surface area contributed by atoms with Gasteiger partial charge >= 0.3 is 5.97 Å². The Labute approximate surface area is 173 Å². The fraction of sp³-hybridized carbons (Fsp3) is 0.542. The van der Waals surface area contributed by atoms with E-state index in [1.165, 1.54) is 7.11 Å². The van der Waals surface area contributed by atoms with E-state index in [9.17, 15) is 9.18 Å². The normalized spacial score (nSPS) is 23.7. The maximum Gasteiger partial charge on any atom is 0.330 e. The second kappa shape index (κ2) is 9.23. The summed E-state index contributed by atoms with van der Waals surface area (Å²) in [5.74, 6) is 0.220. The first kappa shape index (κ1) is 21.7. The number of benzene rings is 1. The van der Waals surface area contributed by atoms with E-state index in [0.717, 1.165) is 43.6 Å². The van der Waals surface area contributed by atoms with Crippen molar-refractivity contribution in [3.8, 4) is 0 Å². The molecule has 0 spiro atoms. The van der Waals surface area contributed by atoms with Crippen LogP contribution in [0.15, 0.2) is 48.6 Å². The number of alkyl halides is 1. The molecule has 29 heavy (non-hydrogen) atoms. The largest absolute Gasteiger partial charge is 0.467 e. The number of allylic oxidation sites excluding steroid dienone is 2. The summed E-state index contributed by atoms with van der Waals surface area (Å²) in [5, 5.41) is 3.49. The second-order valence-corrected chi connectivity index (χ2v) is 8.85. The van der Waals surface area contributed by atoms with Crippen molar-refractivity contribution in [2.24, 2.45) is 5.92 Å². The van der Waals surface area contributed by atoms with Gasteiger partial charge in [0.25, 0.3) is 0 Å². The summed E-state index contributed by atoms with van der Waals surface area (Å²) in [6.07, 6.45) is 8.64. The molecule has 1 aliphatic carbocycles. The van der Waals surface area contributed by atoms with Crippen molar-refractivity contribution in [1.29, 1.82) is 0 Å². The molecule has 5 heteroatoms. The Morgan fingerprint density at radius 3 is 2.52 bits per heavy atom. The first-order valence-corrected chi connectivity index (χ1v) is 10.5. The molecule has 4 nitrogen and oxygen atoms in total. The first-order valence-electron chi connectivity index (χ1n) is 10.5. The predicted octanol–water partition coefficient (Wildman–Crippen LogP) is 3.99. The Morgan fingerprint density at radius 1 is 1.28 bits per heavy atom. The van der Waals surface area contributed by atoms with E-state index in [1.807, 2.05) is 30.4 Å². The van der Waals surface area contributed by atoms with Crippen LogP contribution in [0.5, 0.6) is 0 Å². The highest BCUT2D eigenvalue weighted by molar-refractivity contribution is 5.87. The van der Waals surface area contributed by atoms with Crippen LogP contribution in [0.3, 0.4) is 0 Å². The summed E-state index contributed by atoms with van der Waals surface area (Å²) in [6.45, 7) is 6.30. The average Bonchev–Trinajstić information content (AvgIpc) is 2.72. The maximum absolute atomic E-state index is 13.9. The molecule has 2 aliphatic rings. The smallest absolute Gasteiger partial charge is 0.330 e. The predicted molar refractivity (Wildman–Crippen MR) is 115 cm³/mol. The van der Waals surface area contributed by atoms with E-state index in [1.54, 1.807) is 13.8 Å². The van der Waals surface area contributed by atoms with Crippen LogP contribution in [0.2, 0.25) is 0 Å². The number of likely N-dealkylation sites (tertiary alicyclic amines) is 1. The number of carbonyl (C=O) groups excluding carboxylic acids is 1. The van der Waals surface area contributed by atoms with Crippen LogP contribution < -0.4 is 5.32 Å². The van der Waals surface area contributed by atoms with Crippen LogP contribution in [-0.4, -0.2) is 55.4 Å². The van der Waals surface area contributed by atoms with Crippen molar-refractivity contribution in [1.82, 2.24) is 10.2 Å². The van der Waals surface area contributed by atoms with Gasteiger partial charge in [-0.05, 0) is 69.8 Å². The molecule has 0 bridgehead atoms. The molecule has 1 atom stereocenters. The van der Waals surface area contributed by atoms with E-state index in [-0.39, 0.29) is 5.97 Å². The number of halogens is 1. The Kier molecular flexibility index (Phi) is 6.91. The summed E-state index contributed by atoms with van der Waals surface area (Å²) in [5.41, 5.74) is 0.292. The third-order valence-corrected chi connectivity index (χ3v) is 5.86. The minimum Gasteiger partial charge on any atom is -0.467 e. The Hall–Kier alpha value is -1.98. The second-order valence-electron chi connectivity index (χ2n) is 8.85. The molecule has 1 aromatic rings. The highest BCUT2D eigenvalue weighted by Gasteiger charge is 2.38. The van der Waals surface area contributed by atoms with Crippen molar-refractivity contribution in [2.45, 2.75) is 44.3 Å². The monoisotopic (exact) mass is 400 g/mol. The van der Waals surface area contributed by atoms with E-state index in [2.05, 4.69) is 28.4 Å². The number of nitrogens with one attached hydrogen (secondary N) is 1. The Bertz CT molecular complexity index is 746. The molecular formula is C24H33FN2O2. The van der Waals surface area contributed by atoms with Gasteiger partial charge in [-0.2, -0.15) is 0 Å². The molecule has 1 heterocycles. The highest BCUT2D eigenvalue weighted by Crippen LogP contribution is 2.29. The van der Waals surface area contributed by atoms with Gasteiger partial charge in [0.05, 0.1) is 7.11 Å². The summed E-state index contributed by atoms with van der Waals surface area (Å²) >= 11 is 0. The number of hydrogen-bond acceptors (Lipinski definition) is 4. The minimum absolute atomic E-state index is 0.256. The van der Waals surface area contributed by atoms with Gasteiger partial charge in [-0.1, -0.05) is 48.6 Å². The zero-order valence-electron chi connectivity index (χ0n) is 17.8. The molecular weight excluding hydrogens is 367 g/mol. The Morgan fingerprint density at radius 2 is 1.97 bits per heavy atom. The molecule has 158 valence electrons. The molecule has 0 amide bonds. The lowest BCUT2D eigenvalue weighted by molar-refractivity contribution is -0.146. The van der Waals surface area contributed by atoms with Crippen molar-refractivity contribution in [2.75, 3.05) is 33.3 Å². The third-order valence-electron chi connectivity index (χ3n) is 5.86. The molecule has 1 N–H and O–H groups in total. The van der Waals surface area contributed by atoms with Crippen molar-refractivity contribution < 1.29 is 13.9 Å². The van der Waals surface area contributed by atoms with Crippen LogP contribution in [0.1, 0.15) is 38.7 Å². The summed E-state index contributed by atoms with van der Waals surface area (Å²) in [6, 6.07) is 10.2. The lowest BCUT2D eigenvalue weighted by Gasteiger charge is -2.37. The lowest BCUT2D eigenvalue weighted by Crippen LogP contribution is -2.54. The standard InChI is InChI=1S/C24H33FN2O2/c1-23(2,25)18-27-15-11-19(12-16-27)17-26-24(22(28)29-3)13-9-21(10-14-24)20-7-5-4-6-8-20/h4-10,13,19,26H,11-12,14-18H2,1-3H3. The number of hydrogen-bond donors (Lipinski definition) is 1. The van der Waals surface area contributed by atoms with Crippen molar-refractivity contribution in [3.05, 3.63) is 54.1 Å². The van der Waals surface area contributed by atoms with E-state index >= 15 is 0 Å². The quantitative estimate of drug-likeness (QED) is 0.703.